The molecule has 1 aromatic rings. The summed E-state index contributed by atoms with van der Waals surface area (Å²) < 4.78 is 11.8. The number of urea groups is 1. The third-order valence-corrected chi connectivity index (χ3v) is 5.75. The summed E-state index contributed by atoms with van der Waals surface area (Å²) in [5, 5.41) is 5.53. The minimum Gasteiger partial charge on any atom is -0.491 e. The molecule has 0 aliphatic carbocycles. The van der Waals surface area contributed by atoms with Crippen LogP contribution in [0.4, 0.5) is 10.5 Å². The van der Waals surface area contributed by atoms with Crippen LogP contribution in [0.2, 0.25) is 0 Å². The van der Waals surface area contributed by atoms with Gasteiger partial charge in [-0.1, -0.05) is 13.8 Å². The second-order valence-corrected chi connectivity index (χ2v) is 8.96. The molecule has 0 fully saturated rings. The van der Waals surface area contributed by atoms with Crippen molar-refractivity contribution in [3.63, 3.8) is 0 Å². The fourth-order valence-corrected chi connectivity index (χ4v) is 3.83. The van der Waals surface area contributed by atoms with E-state index in [1.54, 1.807) is 37.3 Å². The molecule has 0 saturated heterocycles. The van der Waals surface area contributed by atoms with Crippen LogP contribution in [0.25, 0.3) is 0 Å². The number of nitrogens with zero attached hydrogens (tertiary/aromatic N) is 2. The van der Waals surface area contributed by atoms with Crippen molar-refractivity contribution in [3.05, 3.63) is 23.8 Å². The molecule has 9 heteroatoms. The van der Waals surface area contributed by atoms with Gasteiger partial charge in [-0.3, -0.25) is 9.59 Å². The fraction of sp³-hybridized carbons (Fsp3) is 0.625. The number of benzene rings is 1. The van der Waals surface area contributed by atoms with Gasteiger partial charge in [0.1, 0.15) is 12.4 Å². The highest BCUT2D eigenvalue weighted by atomic mass is 16.5. The second-order valence-electron chi connectivity index (χ2n) is 8.96. The van der Waals surface area contributed by atoms with Gasteiger partial charge in [-0.2, -0.15) is 0 Å². The molecular weight excluding hydrogens is 424 g/mol. The number of anilines is 1. The standard InChI is InChI=1S/C24H38N4O5/c1-8-22(29)28-12-16(4)21(32-7)13-27(6)23(30)19-10-9-18(26-24(31)25-15(2)3)11-20(19)33-14-17(28)5/h9-11,15-17,21H,8,12-14H2,1-7H3,(H2,25,26,31)/t16-,17+,21-/m1/s1. The molecule has 3 atom stereocenters. The van der Waals surface area contributed by atoms with E-state index in [2.05, 4.69) is 10.6 Å². The van der Waals surface area contributed by atoms with Crippen LogP contribution in [0, 0.1) is 5.92 Å². The highest BCUT2D eigenvalue weighted by Crippen LogP contribution is 2.27. The fourth-order valence-electron chi connectivity index (χ4n) is 3.83. The lowest BCUT2D eigenvalue weighted by atomic mass is 10.0. The lowest BCUT2D eigenvalue weighted by molar-refractivity contribution is -0.135. The SMILES string of the molecule is CCC(=O)N1C[C@@H](C)[C@H](OC)CN(C)C(=O)c2ccc(NC(=O)NC(C)C)cc2OC[C@@H]1C. The van der Waals surface area contributed by atoms with Crippen molar-refractivity contribution < 1.29 is 23.9 Å². The van der Waals surface area contributed by atoms with Crippen LogP contribution in [0.5, 0.6) is 5.75 Å². The minimum absolute atomic E-state index is 0.0141. The molecule has 0 aromatic heterocycles. The van der Waals surface area contributed by atoms with Crippen LogP contribution in [-0.4, -0.2) is 79.7 Å². The van der Waals surface area contributed by atoms with Crippen molar-refractivity contribution in [2.75, 3.05) is 39.2 Å². The number of amides is 4. The molecule has 1 aliphatic heterocycles. The number of carbonyl (C=O) groups excluding carboxylic acids is 3. The van der Waals surface area contributed by atoms with Crippen molar-refractivity contribution in [2.24, 2.45) is 5.92 Å². The number of ether oxygens (including phenoxy) is 2. The number of carbonyl (C=O) groups is 3. The molecule has 1 aliphatic rings. The quantitative estimate of drug-likeness (QED) is 0.717. The maximum absolute atomic E-state index is 13.2. The highest BCUT2D eigenvalue weighted by Gasteiger charge is 2.29. The zero-order valence-electron chi connectivity index (χ0n) is 20.8. The Morgan fingerprint density at radius 2 is 1.94 bits per heavy atom. The molecule has 0 unspecified atom stereocenters. The van der Waals surface area contributed by atoms with E-state index in [0.717, 1.165) is 0 Å². The zero-order chi connectivity index (χ0) is 24.7. The van der Waals surface area contributed by atoms with Crippen molar-refractivity contribution in [1.29, 1.82) is 0 Å². The van der Waals surface area contributed by atoms with Gasteiger partial charge in [-0.05, 0) is 32.9 Å². The van der Waals surface area contributed by atoms with E-state index in [9.17, 15) is 14.4 Å². The molecule has 0 spiro atoms. The summed E-state index contributed by atoms with van der Waals surface area (Å²) in [5.41, 5.74) is 0.892. The number of hydrogen-bond acceptors (Lipinski definition) is 5. The van der Waals surface area contributed by atoms with Gasteiger partial charge >= 0.3 is 6.03 Å². The van der Waals surface area contributed by atoms with Gasteiger partial charge in [0.15, 0.2) is 0 Å². The van der Waals surface area contributed by atoms with E-state index < -0.39 is 0 Å². The van der Waals surface area contributed by atoms with E-state index >= 15 is 0 Å². The molecule has 2 rings (SSSR count). The number of rotatable bonds is 4. The molecule has 2 N–H and O–H groups in total. The lowest BCUT2D eigenvalue weighted by Crippen LogP contribution is -2.48. The Hall–Kier alpha value is -2.81. The van der Waals surface area contributed by atoms with E-state index in [4.69, 9.17) is 9.47 Å². The summed E-state index contributed by atoms with van der Waals surface area (Å²) in [6.07, 6.45) is 0.158. The molecule has 9 nitrogen and oxygen atoms in total. The summed E-state index contributed by atoms with van der Waals surface area (Å²) in [7, 11) is 3.34. The van der Waals surface area contributed by atoms with E-state index in [0.29, 0.717) is 36.5 Å². The highest BCUT2D eigenvalue weighted by molar-refractivity contribution is 5.98. The smallest absolute Gasteiger partial charge is 0.319 e. The van der Waals surface area contributed by atoms with Crippen LogP contribution in [0.1, 0.15) is 51.4 Å². The number of nitrogens with one attached hydrogen (secondary N) is 2. The summed E-state index contributed by atoms with van der Waals surface area (Å²) in [4.78, 5) is 41.4. The number of hydrogen-bond donors (Lipinski definition) is 2. The van der Waals surface area contributed by atoms with Gasteiger partial charge < -0.3 is 29.9 Å². The predicted molar refractivity (Wildman–Crippen MR) is 128 cm³/mol. The van der Waals surface area contributed by atoms with Crippen LogP contribution >= 0.6 is 0 Å². The topological polar surface area (TPSA) is 100 Å². The lowest BCUT2D eigenvalue weighted by Gasteiger charge is -2.36. The largest absolute Gasteiger partial charge is 0.491 e. The summed E-state index contributed by atoms with van der Waals surface area (Å²) in [5.74, 6) is 0.211. The first-order valence-corrected chi connectivity index (χ1v) is 11.5. The second kappa shape index (κ2) is 11.9. The Morgan fingerprint density at radius 1 is 1.24 bits per heavy atom. The van der Waals surface area contributed by atoms with Gasteiger partial charge in [-0.25, -0.2) is 4.79 Å². The van der Waals surface area contributed by atoms with E-state index in [-0.39, 0.29) is 48.6 Å². The average molecular weight is 463 g/mol. The average Bonchev–Trinajstić information content (AvgIpc) is 2.76. The minimum atomic E-state index is -0.341. The van der Waals surface area contributed by atoms with E-state index in [1.807, 2.05) is 39.5 Å². The van der Waals surface area contributed by atoms with Crippen LogP contribution in [0.3, 0.4) is 0 Å². The van der Waals surface area contributed by atoms with Crippen molar-refractivity contribution in [2.45, 2.75) is 59.2 Å². The molecule has 1 aromatic carbocycles. The Labute approximate surface area is 196 Å². The molecular formula is C24H38N4O5. The molecule has 184 valence electrons. The van der Waals surface area contributed by atoms with Gasteiger partial charge in [0, 0.05) is 57.4 Å². The molecule has 4 amide bonds. The molecule has 0 saturated carbocycles. The van der Waals surface area contributed by atoms with Gasteiger partial charge in [-0.15, -0.1) is 0 Å². The summed E-state index contributed by atoms with van der Waals surface area (Å²) >= 11 is 0. The van der Waals surface area contributed by atoms with Gasteiger partial charge in [0.05, 0.1) is 17.7 Å². The molecule has 0 radical (unpaired) electrons. The van der Waals surface area contributed by atoms with Crippen LogP contribution < -0.4 is 15.4 Å². The Kier molecular flexibility index (Phi) is 9.52. The predicted octanol–water partition coefficient (Wildman–Crippen LogP) is 2.96. The Morgan fingerprint density at radius 3 is 2.55 bits per heavy atom. The first-order chi connectivity index (χ1) is 15.6. The van der Waals surface area contributed by atoms with E-state index in [1.165, 1.54) is 0 Å². The molecule has 33 heavy (non-hydrogen) atoms. The van der Waals surface area contributed by atoms with Crippen molar-refractivity contribution in [3.8, 4) is 5.75 Å². The maximum atomic E-state index is 13.2. The first kappa shape index (κ1) is 26.4. The monoisotopic (exact) mass is 462 g/mol. The molecule has 1 heterocycles. The summed E-state index contributed by atoms with van der Waals surface area (Å²) in [6, 6.07) is 4.40. The van der Waals surface area contributed by atoms with Gasteiger partial charge in [0.25, 0.3) is 5.91 Å². The van der Waals surface area contributed by atoms with Crippen molar-refractivity contribution in [1.82, 2.24) is 15.1 Å². The van der Waals surface area contributed by atoms with Gasteiger partial charge in [0.2, 0.25) is 5.91 Å². The first-order valence-electron chi connectivity index (χ1n) is 11.5. The normalized spacial score (nSPS) is 22.1. The Bertz CT molecular complexity index is 844. The number of fused-ring (bicyclic) bond motifs is 1. The molecule has 0 bridgehead atoms. The Balaban J connectivity index is 2.41. The summed E-state index contributed by atoms with van der Waals surface area (Å²) in [6.45, 7) is 10.6. The third kappa shape index (κ3) is 7.08. The maximum Gasteiger partial charge on any atom is 0.319 e. The van der Waals surface area contributed by atoms with Crippen LogP contribution in [-0.2, 0) is 9.53 Å². The number of methoxy groups -OCH3 is 1. The third-order valence-electron chi connectivity index (χ3n) is 5.75. The van der Waals surface area contributed by atoms with Crippen molar-refractivity contribution >= 4 is 23.5 Å². The zero-order valence-corrected chi connectivity index (χ0v) is 20.8. The number of likely N-dealkylation sites (N-methyl/N-ethyl adjacent to an activating group) is 1. The van der Waals surface area contributed by atoms with Crippen LogP contribution in [0.15, 0.2) is 18.2 Å².